The molecule has 0 atom stereocenters. The number of rotatable bonds is 3. The van der Waals surface area contributed by atoms with E-state index in [0.29, 0.717) is 17.5 Å². The van der Waals surface area contributed by atoms with Crippen LogP contribution >= 0.6 is 0 Å². The highest BCUT2D eigenvalue weighted by atomic mass is 32.2. The summed E-state index contributed by atoms with van der Waals surface area (Å²) in [5, 5.41) is 0.825. The maximum atomic E-state index is 13.0. The van der Waals surface area contributed by atoms with Gasteiger partial charge in [-0.2, -0.15) is 26.3 Å². The number of hydrogen-bond donors (Lipinski definition) is 1. The molecular weight excluding hydrogens is 408 g/mol. The first-order valence-corrected chi connectivity index (χ1v) is 9.16. The van der Waals surface area contributed by atoms with E-state index in [9.17, 15) is 34.8 Å². The van der Waals surface area contributed by atoms with E-state index < -0.39 is 39.2 Å². The molecule has 0 saturated heterocycles. The Labute approximate surface area is 155 Å². The lowest BCUT2D eigenvalue weighted by Crippen LogP contribution is -2.16. The maximum Gasteiger partial charge on any atom is 0.416 e. The summed E-state index contributed by atoms with van der Waals surface area (Å²) in [4.78, 5) is -0.267. The minimum Gasteiger partial charge on any atom is -0.280 e. The fourth-order valence-electron chi connectivity index (χ4n) is 2.65. The zero-order valence-electron chi connectivity index (χ0n) is 13.8. The van der Waals surface area contributed by atoms with Crippen molar-refractivity contribution < 1.29 is 34.8 Å². The summed E-state index contributed by atoms with van der Waals surface area (Å²) in [5.74, 6) is 0. The summed E-state index contributed by atoms with van der Waals surface area (Å²) in [5.41, 5.74) is -4.06. The van der Waals surface area contributed by atoms with Gasteiger partial charge in [-0.25, -0.2) is 8.42 Å². The summed E-state index contributed by atoms with van der Waals surface area (Å²) in [7, 11) is -4.45. The summed E-state index contributed by atoms with van der Waals surface area (Å²) in [6.07, 6.45) is -10.2. The third-order valence-corrected chi connectivity index (χ3v) is 5.32. The highest BCUT2D eigenvalue weighted by Crippen LogP contribution is 2.38. The van der Waals surface area contributed by atoms with E-state index in [4.69, 9.17) is 0 Å². The molecule has 0 heterocycles. The quantitative estimate of drug-likeness (QED) is 0.556. The van der Waals surface area contributed by atoms with Crippen molar-refractivity contribution >= 4 is 26.5 Å². The second kappa shape index (κ2) is 6.69. The highest BCUT2D eigenvalue weighted by molar-refractivity contribution is 7.93. The van der Waals surface area contributed by atoms with Crippen LogP contribution in [0.25, 0.3) is 10.8 Å². The third-order valence-electron chi connectivity index (χ3n) is 3.88. The van der Waals surface area contributed by atoms with Crippen molar-refractivity contribution in [1.29, 1.82) is 0 Å². The Morgan fingerprint density at radius 1 is 0.714 bits per heavy atom. The number of alkyl halides is 6. The van der Waals surface area contributed by atoms with Gasteiger partial charge in [-0.3, -0.25) is 4.72 Å². The average Bonchev–Trinajstić information content (AvgIpc) is 2.59. The molecule has 3 aromatic rings. The van der Waals surface area contributed by atoms with E-state index in [1.54, 1.807) is 24.3 Å². The van der Waals surface area contributed by atoms with Crippen LogP contribution < -0.4 is 4.72 Å². The Morgan fingerprint density at radius 3 is 1.82 bits per heavy atom. The number of anilines is 1. The third kappa shape index (κ3) is 4.06. The molecule has 3 nitrogen and oxygen atoms in total. The van der Waals surface area contributed by atoms with Gasteiger partial charge in [-0.15, -0.1) is 0 Å². The van der Waals surface area contributed by atoms with E-state index in [2.05, 4.69) is 0 Å². The molecule has 0 fully saturated rings. The molecule has 0 amide bonds. The Hall–Kier alpha value is -2.75. The molecule has 0 aromatic heterocycles. The highest BCUT2D eigenvalue weighted by Gasteiger charge is 2.37. The molecule has 3 aromatic carbocycles. The molecule has 0 radical (unpaired) electrons. The van der Waals surface area contributed by atoms with Gasteiger partial charge in [0.25, 0.3) is 10.0 Å². The van der Waals surface area contributed by atoms with Crippen LogP contribution in [0.5, 0.6) is 0 Å². The van der Waals surface area contributed by atoms with Gasteiger partial charge in [0.15, 0.2) is 0 Å². The van der Waals surface area contributed by atoms with Crippen LogP contribution in [0.2, 0.25) is 0 Å². The predicted octanol–water partition coefficient (Wildman–Crippen LogP) is 5.68. The van der Waals surface area contributed by atoms with Crippen LogP contribution in [-0.4, -0.2) is 8.42 Å². The molecule has 0 aliphatic rings. The molecule has 10 heteroatoms. The number of fused-ring (bicyclic) bond motifs is 1. The molecule has 0 aliphatic heterocycles. The van der Waals surface area contributed by atoms with Gasteiger partial charge < -0.3 is 0 Å². The molecule has 1 N–H and O–H groups in total. The Kier molecular flexibility index (Phi) is 4.78. The summed E-state index contributed by atoms with van der Waals surface area (Å²) < 4.78 is 105. The monoisotopic (exact) mass is 419 g/mol. The molecule has 28 heavy (non-hydrogen) atoms. The van der Waals surface area contributed by atoms with Gasteiger partial charge in [0, 0.05) is 5.39 Å². The minimum atomic E-state index is -5.08. The zero-order valence-corrected chi connectivity index (χ0v) is 14.6. The van der Waals surface area contributed by atoms with Gasteiger partial charge in [0.05, 0.1) is 21.7 Å². The van der Waals surface area contributed by atoms with Crippen molar-refractivity contribution in [3.8, 4) is 0 Å². The van der Waals surface area contributed by atoms with Crippen molar-refractivity contribution in [2.75, 3.05) is 4.72 Å². The Bertz CT molecular complexity index is 1100. The number of sulfonamides is 1. The first-order valence-electron chi connectivity index (χ1n) is 7.68. The molecular formula is C18H11F6NO2S. The van der Waals surface area contributed by atoms with E-state index in [0.717, 1.165) is 0 Å². The standard InChI is InChI=1S/C18H11F6NO2S/c19-17(20,21)12-8-13(18(22,23)24)10-14(9-12)25-28(26,27)16-7-3-5-11-4-1-2-6-15(11)16/h1-10,25H. The van der Waals surface area contributed by atoms with Crippen LogP contribution in [0, 0.1) is 0 Å². The lowest BCUT2D eigenvalue weighted by atomic mass is 10.1. The largest absolute Gasteiger partial charge is 0.416 e. The summed E-state index contributed by atoms with van der Waals surface area (Å²) in [6, 6.07) is 11.2. The average molecular weight is 419 g/mol. The molecule has 3 rings (SSSR count). The predicted molar refractivity (Wildman–Crippen MR) is 91.2 cm³/mol. The van der Waals surface area contributed by atoms with Crippen molar-refractivity contribution in [3.05, 3.63) is 71.8 Å². The van der Waals surface area contributed by atoms with E-state index in [1.807, 2.05) is 4.72 Å². The molecule has 0 bridgehead atoms. The van der Waals surface area contributed by atoms with Crippen molar-refractivity contribution in [3.63, 3.8) is 0 Å². The van der Waals surface area contributed by atoms with E-state index in [-0.39, 0.29) is 16.3 Å². The molecule has 0 unspecified atom stereocenters. The van der Waals surface area contributed by atoms with Gasteiger partial charge in [-0.1, -0.05) is 36.4 Å². The number of benzene rings is 3. The van der Waals surface area contributed by atoms with E-state index in [1.165, 1.54) is 18.2 Å². The second-order valence-corrected chi connectivity index (χ2v) is 7.53. The maximum absolute atomic E-state index is 13.0. The first-order chi connectivity index (χ1) is 12.9. The number of nitrogens with one attached hydrogen (secondary N) is 1. The van der Waals surface area contributed by atoms with Crippen LogP contribution in [0.15, 0.2) is 65.6 Å². The topological polar surface area (TPSA) is 46.2 Å². The Balaban J connectivity index is 2.12. The Morgan fingerprint density at radius 2 is 1.25 bits per heavy atom. The van der Waals surface area contributed by atoms with Crippen molar-refractivity contribution in [2.45, 2.75) is 17.2 Å². The van der Waals surface area contributed by atoms with Crippen LogP contribution in [0.4, 0.5) is 32.0 Å². The molecule has 148 valence electrons. The lowest BCUT2D eigenvalue weighted by molar-refractivity contribution is -0.143. The lowest BCUT2D eigenvalue weighted by Gasteiger charge is -2.16. The van der Waals surface area contributed by atoms with Crippen LogP contribution in [-0.2, 0) is 22.4 Å². The normalized spacial score (nSPS) is 12.9. The first kappa shape index (κ1) is 20.0. The molecule has 0 aliphatic carbocycles. The minimum absolute atomic E-state index is 0.0737. The van der Waals surface area contributed by atoms with Gasteiger partial charge in [0.1, 0.15) is 0 Å². The fourth-order valence-corrected chi connectivity index (χ4v) is 3.93. The summed E-state index contributed by atoms with van der Waals surface area (Å²) >= 11 is 0. The number of halogens is 6. The summed E-state index contributed by atoms with van der Waals surface area (Å²) in [6.45, 7) is 0. The molecule has 0 saturated carbocycles. The molecule has 0 spiro atoms. The van der Waals surface area contributed by atoms with E-state index >= 15 is 0 Å². The van der Waals surface area contributed by atoms with Gasteiger partial charge in [0.2, 0.25) is 0 Å². The fraction of sp³-hybridized carbons (Fsp3) is 0.111. The van der Waals surface area contributed by atoms with Crippen molar-refractivity contribution in [2.24, 2.45) is 0 Å². The number of hydrogen-bond acceptors (Lipinski definition) is 2. The van der Waals surface area contributed by atoms with Crippen LogP contribution in [0.3, 0.4) is 0 Å². The smallest absolute Gasteiger partial charge is 0.280 e. The SMILES string of the molecule is O=S(=O)(Nc1cc(C(F)(F)F)cc(C(F)(F)F)c1)c1cccc2ccccc12. The second-order valence-electron chi connectivity index (χ2n) is 5.88. The van der Waals surface area contributed by atoms with Crippen molar-refractivity contribution in [1.82, 2.24) is 0 Å². The van der Waals surface area contributed by atoms with Gasteiger partial charge >= 0.3 is 12.4 Å². The van der Waals surface area contributed by atoms with Crippen LogP contribution in [0.1, 0.15) is 11.1 Å². The zero-order chi connectivity index (χ0) is 20.7. The van der Waals surface area contributed by atoms with Gasteiger partial charge in [-0.05, 0) is 29.7 Å².